The van der Waals surface area contributed by atoms with Crippen molar-refractivity contribution in [3.05, 3.63) is 47.3 Å². The van der Waals surface area contributed by atoms with Crippen LogP contribution in [0.3, 0.4) is 0 Å². The van der Waals surface area contributed by atoms with Crippen LogP contribution in [0, 0.1) is 13.8 Å². The Labute approximate surface area is 201 Å². The number of carbonyl (C=O) groups is 2. The van der Waals surface area contributed by atoms with Crippen LogP contribution in [0.5, 0.6) is 0 Å². The molecule has 0 unspecified atom stereocenters. The van der Waals surface area contributed by atoms with Gasteiger partial charge in [0.1, 0.15) is 0 Å². The predicted molar refractivity (Wildman–Crippen MR) is 130 cm³/mol. The van der Waals surface area contributed by atoms with Gasteiger partial charge in [-0.15, -0.1) is 0 Å². The number of aryl methyl sites for hydroxylation is 1. The number of aromatic nitrogens is 1. The maximum atomic E-state index is 13.1. The summed E-state index contributed by atoms with van der Waals surface area (Å²) >= 11 is 0. The SMILES string of the molecule is Cc1cc(C(=O)CN2CCN(CC(=O)N3CCCC3)CC2)c(C)n1-c1ccc(S(N)(=O)=O)cc1. The van der Waals surface area contributed by atoms with Crippen LogP contribution < -0.4 is 5.14 Å². The van der Waals surface area contributed by atoms with Crippen LogP contribution in [0.25, 0.3) is 5.69 Å². The Bertz CT molecular complexity index is 1160. The van der Waals surface area contributed by atoms with Crippen LogP contribution in [0.15, 0.2) is 35.2 Å². The number of sulfonamides is 1. The summed E-state index contributed by atoms with van der Waals surface area (Å²) in [5.41, 5.74) is 3.16. The molecule has 2 saturated heterocycles. The molecule has 2 aliphatic rings. The smallest absolute Gasteiger partial charge is 0.238 e. The molecule has 2 N–H and O–H groups in total. The number of hydrogen-bond donors (Lipinski definition) is 1. The zero-order valence-electron chi connectivity index (χ0n) is 19.9. The first-order valence-corrected chi connectivity index (χ1v) is 13.3. The Kier molecular flexibility index (Phi) is 7.22. The number of carbonyl (C=O) groups excluding carboxylic acids is 2. The zero-order valence-corrected chi connectivity index (χ0v) is 20.7. The maximum Gasteiger partial charge on any atom is 0.238 e. The first-order chi connectivity index (χ1) is 16.1. The van der Waals surface area contributed by atoms with Crippen molar-refractivity contribution < 1.29 is 18.0 Å². The number of ketones is 1. The molecule has 10 heteroatoms. The van der Waals surface area contributed by atoms with Gasteiger partial charge in [0, 0.05) is 61.9 Å². The molecule has 0 aliphatic carbocycles. The Balaban J connectivity index is 1.36. The predicted octanol–water partition coefficient (Wildman–Crippen LogP) is 1.16. The van der Waals surface area contributed by atoms with Gasteiger partial charge in [-0.2, -0.15) is 0 Å². The molecule has 9 nitrogen and oxygen atoms in total. The van der Waals surface area contributed by atoms with E-state index in [2.05, 4.69) is 9.80 Å². The van der Waals surface area contributed by atoms with E-state index in [9.17, 15) is 18.0 Å². The number of benzene rings is 1. The van der Waals surface area contributed by atoms with Crippen LogP contribution in [-0.4, -0.2) is 91.7 Å². The lowest BCUT2D eigenvalue weighted by molar-refractivity contribution is -0.131. The van der Waals surface area contributed by atoms with E-state index in [-0.39, 0.29) is 16.6 Å². The van der Waals surface area contributed by atoms with Crippen LogP contribution >= 0.6 is 0 Å². The zero-order chi connectivity index (χ0) is 24.5. The second-order valence-electron chi connectivity index (χ2n) is 9.22. The highest BCUT2D eigenvalue weighted by atomic mass is 32.2. The quantitative estimate of drug-likeness (QED) is 0.587. The second-order valence-corrected chi connectivity index (χ2v) is 10.8. The number of nitrogens with zero attached hydrogens (tertiary/aromatic N) is 4. The minimum absolute atomic E-state index is 0.0521. The number of Topliss-reactive ketones (excluding diaryl/α,β-unsaturated/α-hetero) is 1. The standard InChI is InChI=1S/C24H33N5O4S/c1-18-15-22(19(2)29(18)20-5-7-21(8-6-20)34(25,32)33)23(30)16-26-11-13-27(14-12-26)17-24(31)28-9-3-4-10-28/h5-8,15H,3-4,9-14,16-17H2,1-2H3,(H2,25,32,33). The van der Waals surface area contributed by atoms with Crippen LogP contribution in [0.2, 0.25) is 0 Å². The van der Waals surface area contributed by atoms with Crippen LogP contribution in [0.1, 0.15) is 34.6 Å². The topological polar surface area (TPSA) is 109 Å². The molecule has 0 atom stereocenters. The number of nitrogens with two attached hydrogens (primary N) is 1. The molecule has 0 spiro atoms. The summed E-state index contributed by atoms with van der Waals surface area (Å²) in [5, 5.41) is 5.19. The number of primary sulfonamides is 1. The van der Waals surface area contributed by atoms with Crippen molar-refractivity contribution in [2.45, 2.75) is 31.6 Å². The van der Waals surface area contributed by atoms with E-state index >= 15 is 0 Å². The lowest BCUT2D eigenvalue weighted by atomic mass is 10.1. The third-order valence-corrected chi connectivity index (χ3v) is 7.73. The number of rotatable bonds is 7. The summed E-state index contributed by atoms with van der Waals surface area (Å²) in [5.74, 6) is 0.272. The number of likely N-dealkylation sites (tertiary alicyclic amines) is 1. The van der Waals surface area contributed by atoms with Crippen LogP contribution in [-0.2, 0) is 14.8 Å². The maximum absolute atomic E-state index is 13.1. The molecule has 3 heterocycles. The van der Waals surface area contributed by atoms with Crippen molar-refractivity contribution in [3.63, 3.8) is 0 Å². The Morgan fingerprint density at radius 3 is 2.00 bits per heavy atom. The van der Waals surface area contributed by atoms with Crippen molar-refractivity contribution in [2.24, 2.45) is 5.14 Å². The van der Waals surface area contributed by atoms with Crippen LogP contribution in [0.4, 0.5) is 0 Å². The van der Waals surface area contributed by atoms with Gasteiger partial charge >= 0.3 is 0 Å². The van der Waals surface area contributed by atoms with Gasteiger partial charge < -0.3 is 9.47 Å². The molecule has 0 saturated carbocycles. The third kappa shape index (κ3) is 5.41. The summed E-state index contributed by atoms with van der Waals surface area (Å²) in [6, 6.07) is 8.21. The summed E-state index contributed by atoms with van der Waals surface area (Å²) in [6.45, 7) is 9.45. The van der Waals surface area contributed by atoms with E-state index in [4.69, 9.17) is 5.14 Å². The Hall–Kier alpha value is -2.53. The summed E-state index contributed by atoms with van der Waals surface area (Å²) in [7, 11) is -3.76. The minimum atomic E-state index is -3.76. The number of amides is 1. The molecule has 2 fully saturated rings. The van der Waals surface area contributed by atoms with Crippen molar-refractivity contribution in [3.8, 4) is 5.69 Å². The van der Waals surface area contributed by atoms with Crippen molar-refractivity contribution in [2.75, 3.05) is 52.4 Å². The van der Waals surface area contributed by atoms with Gasteiger partial charge in [0.2, 0.25) is 15.9 Å². The lowest BCUT2D eigenvalue weighted by Crippen LogP contribution is -2.50. The Morgan fingerprint density at radius 2 is 1.44 bits per heavy atom. The highest BCUT2D eigenvalue weighted by Gasteiger charge is 2.25. The van der Waals surface area contributed by atoms with E-state index in [0.29, 0.717) is 18.7 Å². The molecule has 1 aromatic carbocycles. The molecule has 2 aromatic rings. The van der Waals surface area contributed by atoms with Gasteiger partial charge in [-0.05, 0) is 57.0 Å². The van der Waals surface area contributed by atoms with Gasteiger partial charge in [0.05, 0.1) is 18.0 Å². The molecular formula is C24H33N5O4S. The monoisotopic (exact) mass is 487 g/mol. The van der Waals surface area contributed by atoms with Gasteiger partial charge in [-0.3, -0.25) is 19.4 Å². The van der Waals surface area contributed by atoms with Gasteiger partial charge in [-0.1, -0.05) is 0 Å². The average Bonchev–Trinajstić information content (AvgIpc) is 3.43. The number of piperazine rings is 1. The average molecular weight is 488 g/mol. The molecule has 34 heavy (non-hydrogen) atoms. The third-order valence-electron chi connectivity index (χ3n) is 6.80. The van der Waals surface area contributed by atoms with E-state index in [1.807, 2.05) is 29.4 Å². The summed E-state index contributed by atoms with van der Waals surface area (Å²) < 4.78 is 25.0. The van der Waals surface area contributed by atoms with Crippen molar-refractivity contribution in [1.82, 2.24) is 19.3 Å². The molecule has 0 radical (unpaired) electrons. The fourth-order valence-corrected chi connectivity index (χ4v) is 5.39. The molecule has 0 bridgehead atoms. The fraction of sp³-hybridized carbons (Fsp3) is 0.500. The summed E-state index contributed by atoms with van der Waals surface area (Å²) in [4.78, 5) is 31.8. The van der Waals surface area contributed by atoms with Crippen molar-refractivity contribution in [1.29, 1.82) is 0 Å². The fourth-order valence-electron chi connectivity index (χ4n) is 4.88. The number of hydrogen-bond acceptors (Lipinski definition) is 6. The van der Waals surface area contributed by atoms with Gasteiger partial charge in [0.25, 0.3) is 0 Å². The minimum Gasteiger partial charge on any atom is -0.342 e. The highest BCUT2D eigenvalue weighted by molar-refractivity contribution is 7.89. The summed E-state index contributed by atoms with van der Waals surface area (Å²) in [6.07, 6.45) is 2.20. The molecule has 1 amide bonds. The van der Waals surface area contributed by atoms with Crippen molar-refractivity contribution >= 4 is 21.7 Å². The first-order valence-electron chi connectivity index (χ1n) is 11.7. The molecule has 2 aliphatic heterocycles. The van der Waals surface area contributed by atoms with E-state index in [1.54, 1.807) is 12.1 Å². The normalized spacial score (nSPS) is 17.9. The molecule has 4 rings (SSSR count). The lowest BCUT2D eigenvalue weighted by Gasteiger charge is -2.34. The Morgan fingerprint density at radius 1 is 0.882 bits per heavy atom. The second kappa shape index (κ2) is 9.99. The van der Waals surface area contributed by atoms with E-state index in [1.165, 1.54) is 12.1 Å². The van der Waals surface area contributed by atoms with E-state index < -0.39 is 10.0 Å². The molecule has 184 valence electrons. The van der Waals surface area contributed by atoms with E-state index in [0.717, 1.165) is 69.2 Å². The largest absolute Gasteiger partial charge is 0.342 e. The van der Waals surface area contributed by atoms with Gasteiger partial charge in [0.15, 0.2) is 5.78 Å². The first kappa shape index (κ1) is 24.6. The van der Waals surface area contributed by atoms with Gasteiger partial charge in [-0.25, -0.2) is 13.6 Å². The molecular weight excluding hydrogens is 454 g/mol. The highest BCUT2D eigenvalue weighted by Crippen LogP contribution is 2.23. The molecule has 1 aromatic heterocycles.